The highest BCUT2D eigenvalue weighted by Crippen LogP contribution is 2.23. The Morgan fingerprint density at radius 3 is 2.50 bits per heavy atom. The minimum absolute atomic E-state index is 0.0439. The molecule has 1 heterocycles. The molecule has 0 aliphatic carbocycles. The third-order valence-electron chi connectivity index (χ3n) is 5.87. The van der Waals surface area contributed by atoms with Crippen molar-refractivity contribution in [3.8, 4) is 0 Å². The van der Waals surface area contributed by atoms with Crippen LogP contribution in [0.15, 0.2) is 48.5 Å². The predicted octanol–water partition coefficient (Wildman–Crippen LogP) is 6.30. The molecule has 1 aliphatic heterocycles. The predicted molar refractivity (Wildman–Crippen MR) is 142 cm³/mol. The average Bonchev–Trinajstić information content (AvgIpc) is 2.82. The summed E-state index contributed by atoms with van der Waals surface area (Å²) in [5, 5.41) is 7.46. The molecule has 2 aromatic rings. The van der Waals surface area contributed by atoms with Gasteiger partial charge in [0.2, 0.25) is 11.8 Å². The Bertz CT molecular complexity index is 1000. The van der Waals surface area contributed by atoms with E-state index in [-0.39, 0.29) is 17.7 Å². The van der Waals surface area contributed by atoms with Crippen LogP contribution in [0.5, 0.6) is 0 Å². The highest BCUT2D eigenvalue weighted by Gasteiger charge is 2.24. The van der Waals surface area contributed by atoms with E-state index in [1.165, 1.54) is 6.08 Å². The Balaban J connectivity index is 1.24. The van der Waals surface area contributed by atoms with Crippen molar-refractivity contribution in [2.24, 2.45) is 5.92 Å². The largest absolute Gasteiger partial charge is 0.353 e. The highest BCUT2D eigenvalue weighted by atomic mass is 35.5. The van der Waals surface area contributed by atoms with E-state index in [9.17, 15) is 9.59 Å². The number of halogens is 3. The Labute approximate surface area is 216 Å². The molecule has 8 heteroatoms. The molecule has 2 amide bonds. The van der Waals surface area contributed by atoms with Crippen LogP contribution in [0.4, 0.5) is 5.69 Å². The van der Waals surface area contributed by atoms with Crippen LogP contribution in [0.25, 0.3) is 6.08 Å². The summed E-state index contributed by atoms with van der Waals surface area (Å²) in [4.78, 5) is 26.9. The maximum absolute atomic E-state index is 12.5. The van der Waals surface area contributed by atoms with Gasteiger partial charge in [-0.25, -0.2) is 0 Å². The standard InChI is InChI=1S/C26H30Cl3N3O2/c27-21-5-4-6-22(18-21)31-26(34)20-11-15-32(16-12-20)14-3-1-2-13-30-25(33)10-8-19-7-9-23(28)24(29)17-19/h4-10,17-18,20H,1-3,11-16H2,(H,30,33)(H,31,34)/b10-8+. The van der Waals surface area contributed by atoms with E-state index in [0.717, 1.165) is 63.0 Å². The first-order valence-electron chi connectivity index (χ1n) is 11.6. The zero-order valence-corrected chi connectivity index (χ0v) is 21.3. The molecule has 0 atom stereocenters. The van der Waals surface area contributed by atoms with Crippen molar-refractivity contribution < 1.29 is 9.59 Å². The van der Waals surface area contributed by atoms with Gasteiger partial charge in [0.25, 0.3) is 0 Å². The van der Waals surface area contributed by atoms with E-state index >= 15 is 0 Å². The van der Waals surface area contributed by atoms with Gasteiger partial charge in [-0.2, -0.15) is 0 Å². The zero-order valence-electron chi connectivity index (χ0n) is 19.0. The minimum atomic E-state index is -0.121. The molecule has 34 heavy (non-hydrogen) atoms. The van der Waals surface area contributed by atoms with Crippen molar-refractivity contribution >= 4 is 58.4 Å². The summed E-state index contributed by atoms with van der Waals surface area (Å²) in [6.45, 7) is 3.54. The van der Waals surface area contributed by atoms with Gasteiger partial charge in [-0.15, -0.1) is 0 Å². The minimum Gasteiger partial charge on any atom is -0.353 e. The zero-order chi connectivity index (χ0) is 24.3. The summed E-state index contributed by atoms with van der Waals surface area (Å²) in [7, 11) is 0. The number of nitrogens with zero attached hydrogens (tertiary/aromatic N) is 1. The molecular formula is C26H30Cl3N3O2. The Kier molecular flexibility index (Phi) is 10.7. The lowest BCUT2D eigenvalue weighted by molar-refractivity contribution is -0.121. The van der Waals surface area contributed by atoms with E-state index in [4.69, 9.17) is 34.8 Å². The number of anilines is 1. The number of carbonyl (C=O) groups excluding carboxylic acids is 2. The first-order chi connectivity index (χ1) is 16.4. The highest BCUT2D eigenvalue weighted by molar-refractivity contribution is 6.42. The molecule has 2 aromatic carbocycles. The van der Waals surface area contributed by atoms with Gasteiger partial charge in [0.05, 0.1) is 10.0 Å². The van der Waals surface area contributed by atoms with Crippen LogP contribution >= 0.6 is 34.8 Å². The number of likely N-dealkylation sites (tertiary alicyclic amines) is 1. The molecule has 0 bridgehead atoms. The number of hydrogen-bond acceptors (Lipinski definition) is 3. The molecule has 3 rings (SSSR count). The van der Waals surface area contributed by atoms with E-state index < -0.39 is 0 Å². The molecule has 0 radical (unpaired) electrons. The summed E-state index contributed by atoms with van der Waals surface area (Å²) >= 11 is 17.9. The number of hydrogen-bond donors (Lipinski definition) is 2. The van der Waals surface area contributed by atoms with E-state index in [1.54, 1.807) is 30.3 Å². The van der Waals surface area contributed by atoms with E-state index in [0.29, 0.717) is 21.6 Å². The Morgan fingerprint density at radius 2 is 1.76 bits per heavy atom. The number of carbonyl (C=O) groups is 2. The van der Waals surface area contributed by atoms with Crippen molar-refractivity contribution in [2.45, 2.75) is 32.1 Å². The second-order valence-corrected chi connectivity index (χ2v) is 9.72. The fourth-order valence-electron chi connectivity index (χ4n) is 3.92. The number of amides is 2. The van der Waals surface area contributed by atoms with Gasteiger partial charge in [0.1, 0.15) is 0 Å². The monoisotopic (exact) mass is 521 g/mol. The number of piperidine rings is 1. The molecule has 182 valence electrons. The molecular weight excluding hydrogens is 493 g/mol. The number of nitrogens with one attached hydrogen (secondary N) is 2. The average molecular weight is 523 g/mol. The Morgan fingerprint density at radius 1 is 0.971 bits per heavy atom. The van der Waals surface area contributed by atoms with Crippen LogP contribution < -0.4 is 10.6 Å². The maximum Gasteiger partial charge on any atom is 0.243 e. The van der Waals surface area contributed by atoms with Crippen molar-refractivity contribution in [1.29, 1.82) is 0 Å². The smallest absolute Gasteiger partial charge is 0.243 e. The van der Waals surface area contributed by atoms with Gasteiger partial charge in [0.15, 0.2) is 0 Å². The van der Waals surface area contributed by atoms with Gasteiger partial charge in [-0.05, 0) is 87.3 Å². The molecule has 1 saturated heterocycles. The third kappa shape index (κ3) is 8.95. The molecule has 0 aromatic heterocycles. The van der Waals surface area contributed by atoms with E-state index in [1.807, 2.05) is 18.2 Å². The quantitative estimate of drug-likeness (QED) is 0.284. The van der Waals surface area contributed by atoms with Crippen LogP contribution in [-0.4, -0.2) is 42.9 Å². The van der Waals surface area contributed by atoms with Gasteiger partial charge < -0.3 is 15.5 Å². The lowest BCUT2D eigenvalue weighted by Gasteiger charge is -2.31. The van der Waals surface area contributed by atoms with Crippen molar-refractivity contribution in [3.63, 3.8) is 0 Å². The summed E-state index contributed by atoms with van der Waals surface area (Å²) in [6, 6.07) is 12.5. The fraction of sp³-hybridized carbons (Fsp3) is 0.385. The van der Waals surface area contributed by atoms with Gasteiger partial charge >= 0.3 is 0 Å². The van der Waals surface area contributed by atoms with Crippen LogP contribution in [0.2, 0.25) is 15.1 Å². The fourth-order valence-corrected chi connectivity index (χ4v) is 4.42. The molecule has 0 spiro atoms. The molecule has 1 fully saturated rings. The van der Waals surface area contributed by atoms with Gasteiger partial charge in [-0.3, -0.25) is 9.59 Å². The molecule has 2 N–H and O–H groups in total. The van der Waals surface area contributed by atoms with Crippen LogP contribution in [0.1, 0.15) is 37.7 Å². The number of unbranched alkanes of at least 4 members (excludes halogenated alkanes) is 2. The molecule has 5 nitrogen and oxygen atoms in total. The first-order valence-corrected chi connectivity index (χ1v) is 12.7. The van der Waals surface area contributed by atoms with E-state index in [2.05, 4.69) is 15.5 Å². The van der Waals surface area contributed by atoms with Gasteiger partial charge in [0, 0.05) is 29.2 Å². The topological polar surface area (TPSA) is 61.4 Å². The van der Waals surface area contributed by atoms with Crippen LogP contribution in [0, 0.1) is 5.92 Å². The summed E-state index contributed by atoms with van der Waals surface area (Å²) in [6.07, 6.45) is 8.02. The third-order valence-corrected chi connectivity index (χ3v) is 6.85. The SMILES string of the molecule is O=C(/C=C/c1ccc(Cl)c(Cl)c1)NCCCCCN1CCC(C(=O)Nc2cccc(Cl)c2)CC1. The Hall–Kier alpha value is -2.05. The van der Waals surface area contributed by atoms with Crippen molar-refractivity contribution in [1.82, 2.24) is 10.2 Å². The second kappa shape index (κ2) is 13.7. The van der Waals surface area contributed by atoms with Crippen LogP contribution in [0.3, 0.4) is 0 Å². The lowest BCUT2D eigenvalue weighted by Crippen LogP contribution is -2.38. The second-order valence-electron chi connectivity index (χ2n) is 8.47. The lowest BCUT2D eigenvalue weighted by atomic mass is 9.95. The summed E-state index contributed by atoms with van der Waals surface area (Å²) in [5.41, 5.74) is 1.58. The van der Waals surface area contributed by atoms with Gasteiger partial charge in [-0.1, -0.05) is 53.4 Å². The maximum atomic E-state index is 12.5. The first kappa shape index (κ1) is 26.6. The van der Waals surface area contributed by atoms with Crippen LogP contribution in [-0.2, 0) is 9.59 Å². The number of rotatable bonds is 10. The molecule has 0 saturated carbocycles. The molecule has 0 unspecified atom stereocenters. The normalized spacial score (nSPS) is 14.9. The molecule has 1 aliphatic rings. The van der Waals surface area contributed by atoms with Crippen molar-refractivity contribution in [2.75, 3.05) is 31.5 Å². The number of benzene rings is 2. The summed E-state index contributed by atoms with van der Waals surface area (Å²) in [5.74, 6) is -0.00235. The van der Waals surface area contributed by atoms with Crippen molar-refractivity contribution in [3.05, 3.63) is 69.2 Å². The summed E-state index contributed by atoms with van der Waals surface area (Å²) < 4.78 is 0.